The number of hydrogen-bond acceptors (Lipinski definition) is 3. The summed E-state index contributed by atoms with van der Waals surface area (Å²) < 4.78 is 0. The van der Waals surface area contributed by atoms with Gasteiger partial charge in [0.2, 0.25) is 0 Å². The van der Waals surface area contributed by atoms with Gasteiger partial charge >= 0.3 is 0 Å². The van der Waals surface area contributed by atoms with Crippen LogP contribution in [0.15, 0.2) is 164 Å². The molecule has 12 rings (SSSR count). The van der Waals surface area contributed by atoms with Crippen LogP contribution < -0.4 is 31.1 Å². The Balaban J connectivity index is 1.18. The van der Waals surface area contributed by atoms with E-state index < -0.39 is 0 Å². The minimum atomic E-state index is -0.157. The van der Waals surface area contributed by atoms with Crippen molar-refractivity contribution in [1.82, 2.24) is 0 Å². The van der Waals surface area contributed by atoms with Crippen LogP contribution in [0, 0.1) is 13.8 Å². The molecule has 0 bridgehead atoms. The topological polar surface area (TPSA) is 9.72 Å². The Kier molecular flexibility index (Phi) is 11.0. The van der Waals surface area contributed by atoms with Gasteiger partial charge in [0.15, 0.2) is 0 Å². The van der Waals surface area contributed by atoms with Crippen LogP contribution in [-0.4, -0.2) is 12.3 Å². The normalized spacial score (nSPS) is 18.9. The first kappa shape index (κ1) is 48.2. The van der Waals surface area contributed by atoms with Crippen LogP contribution in [0.2, 0.25) is 0 Å². The summed E-state index contributed by atoms with van der Waals surface area (Å²) in [6.45, 7) is 30.9. The highest BCUT2D eigenvalue weighted by atomic mass is 15.3. The summed E-state index contributed by atoms with van der Waals surface area (Å²) in [7, 11) is 0. The number of hydrogen-bond donors (Lipinski definition) is 0. The summed E-state index contributed by atoms with van der Waals surface area (Å²) in [6.07, 6.45) is 4.86. The van der Waals surface area contributed by atoms with Gasteiger partial charge in [0, 0.05) is 50.8 Å². The molecule has 0 saturated heterocycles. The fourth-order valence-electron chi connectivity index (χ4n) is 13.7. The molecule has 0 spiro atoms. The minimum absolute atomic E-state index is 0.0190. The molecule has 0 aromatic heterocycles. The lowest BCUT2D eigenvalue weighted by Gasteiger charge is -2.51. The van der Waals surface area contributed by atoms with Gasteiger partial charge < -0.3 is 14.7 Å². The molecule has 3 nitrogen and oxygen atoms in total. The summed E-state index contributed by atoms with van der Waals surface area (Å²) in [5, 5.41) is 0. The fourth-order valence-corrected chi connectivity index (χ4v) is 13.7. The third kappa shape index (κ3) is 7.44. The van der Waals surface area contributed by atoms with Crippen LogP contribution >= 0.6 is 0 Å². The van der Waals surface area contributed by atoms with Crippen molar-refractivity contribution in [3.8, 4) is 22.3 Å². The Hall–Kier alpha value is -6.78. The average molecular weight is 968 g/mol. The van der Waals surface area contributed by atoms with E-state index in [-0.39, 0.29) is 33.9 Å². The molecule has 4 aliphatic rings. The second-order valence-electron chi connectivity index (χ2n) is 25.9. The van der Waals surface area contributed by atoms with Gasteiger partial charge in [0.05, 0.1) is 11.2 Å². The molecule has 0 N–H and O–H groups in total. The van der Waals surface area contributed by atoms with Gasteiger partial charge in [-0.3, -0.25) is 0 Å². The lowest BCUT2D eigenvalue weighted by molar-refractivity contribution is 0.195. The van der Waals surface area contributed by atoms with Gasteiger partial charge in [-0.1, -0.05) is 197 Å². The Morgan fingerprint density at radius 1 is 0.446 bits per heavy atom. The molecule has 4 heteroatoms. The Morgan fingerprint density at radius 2 is 1.01 bits per heavy atom. The van der Waals surface area contributed by atoms with Gasteiger partial charge in [-0.25, -0.2) is 0 Å². The Morgan fingerprint density at radius 3 is 1.66 bits per heavy atom. The highest BCUT2D eigenvalue weighted by Crippen LogP contribution is 2.62. The summed E-state index contributed by atoms with van der Waals surface area (Å²) >= 11 is 0. The second-order valence-corrected chi connectivity index (χ2v) is 25.9. The molecule has 1 fully saturated rings. The number of benzene rings is 8. The van der Waals surface area contributed by atoms with E-state index in [2.05, 4.69) is 269 Å². The number of fused-ring (bicyclic) bond motifs is 7. The van der Waals surface area contributed by atoms with Crippen LogP contribution in [-0.2, 0) is 21.7 Å². The summed E-state index contributed by atoms with van der Waals surface area (Å²) in [4.78, 5) is 8.11. The first-order chi connectivity index (χ1) is 35.2. The first-order valence-electron chi connectivity index (χ1n) is 27.5. The fraction of sp³-hybridized carbons (Fsp3) is 0.314. The lowest BCUT2D eigenvalue weighted by Crippen LogP contribution is -2.61. The van der Waals surface area contributed by atoms with Crippen molar-refractivity contribution in [2.45, 2.75) is 143 Å². The predicted octanol–water partition coefficient (Wildman–Crippen LogP) is 17.4. The van der Waals surface area contributed by atoms with E-state index in [4.69, 9.17) is 0 Å². The molecule has 2 atom stereocenters. The Bertz CT molecular complexity index is 3520. The zero-order valence-electron chi connectivity index (χ0n) is 46.3. The Labute approximate surface area is 443 Å². The van der Waals surface area contributed by atoms with E-state index in [1.807, 2.05) is 0 Å². The molecule has 8 aromatic rings. The molecule has 0 radical (unpaired) electrons. The number of rotatable bonds is 5. The standard InChI is InChI=1S/C70H74BN3/c1-45-38-46(2)65-56(39-45)69(12)36-20-21-37-70(69,13)74(65)54-32-34-58-61(44-54)72(53-30-27-50(28-31-53)66(3,4)5)62-42-52(68(9,10)11)43-63-64(62)71(58)57-33-26-49(47-22-16-14-17-23-47)40-60(57)73(63)59-35-29-51(67(6,7)8)41-55(59)48-24-18-15-19-25-48/h14-19,22-35,38-44H,20-21,36-37H2,1-13H3. The smallest absolute Gasteiger partial charge is 0.252 e. The monoisotopic (exact) mass is 968 g/mol. The van der Waals surface area contributed by atoms with Gasteiger partial charge in [-0.05, 0) is 165 Å². The molecule has 74 heavy (non-hydrogen) atoms. The number of nitrogens with zero attached hydrogens (tertiary/aromatic N) is 3. The van der Waals surface area contributed by atoms with Crippen LogP contribution in [0.3, 0.4) is 0 Å². The van der Waals surface area contributed by atoms with Crippen LogP contribution in [0.25, 0.3) is 22.3 Å². The number of aryl methyl sites for hydroxylation is 2. The molecule has 3 aliphatic heterocycles. The maximum Gasteiger partial charge on any atom is 0.252 e. The van der Waals surface area contributed by atoms with E-state index in [9.17, 15) is 0 Å². The van der Waals surface area contributed by atoms with Crippen molar-refractivity contribution in [3.63, 3.8) is 0 Å². The van der Waals surface area contributed by atoms with Crippen LogP contribution in [0.4, 0.5) is 45.5 Å². The summed E-state index contributed by atoms with van der Waals surface area (Å²) in [6, 6.07) is 63.8. The SMILES string of the molecule is Cc1cc(C)c2c(c1)C1(C)CCCCC1(C)N2c1ccc2c(c1)N(c1ccc(C(C)(C)C)cc1)c1cc(C(C)(C)C)cc3c1B2c1ccc(-c2ccccc2)cc1N3c1ccc(C(C)(C)C)cc1-c1ccccc1. The van der Waals surface area contributed by atoms with Crippen molar-refractivity contribution in [1.29, 1.82) is 0 Å². The molecule has 1 saturated carbocycles. The lowest BCUT2D eigenvalue weighted by atomic mass is 9.33. The van der Waals surface area contributed by atoms with Gasteiger partial charge in [0.1, 0.15) is 0 Å². The van der Waals surface area contributed by atoms with Crippen molar-refractivity contribution in [2.24, 2.45) is 0 Å². The van der Waals surface area contributed by atoms with E-state index >= 15 is 0 Å². The van der Waals surface area contributed by atoms with E-state index in [1.54, 1.807) is 0 Å². The average Bonchev–Trinajstić information content (AvgIpc) is 3.58. The highest BCUT2D eigenvalue weighted by molar-refractivity contribution is 7.00. The van der Waals surface area contributed by atoms with Gasteiger partial charge in [0.25, 0.3) is 6.71 Å². The molecule has 0 amide bonds. The van der Waals surface area contributed by atoms with Crippen molar-refractivity contribution < 1.29 is 0 Å². The maximum absolute atomic E-state index is 2.80. The zero-order chi connectivity index (χ0) is 51.9. The zero-order valence-corrected chi connectivity index (χ0v) is 46.3. The molecular formula is C70H74BN3. The highest BCUT2D eigenvalue weighted by Gasteiger charge is 2.58. The summed E-state index contributed by atoms with van der Waals surface area (Å²) in [5.74, 6) is 0. The summed E-state index contributed by atoms with van der Waals surface area (Å²) in [5.41, 5.74) is 26.9. The quantitative estimate of drug-likeness (QED) is 0.159. The molecular weight excluding hydrogens is 894 g/mol. The number of anilines is 8. The van der Waals surface area contributed by atoms with Crippen LogP contribution in [0.1, 0.15) is 135 Å². The van der Waals surface area contributed by atoms with Gasteiger partial charge in [-0.2, -0.15) is 0 Å². The third-order valence-electron chi connectivity index (χ3n) is 18.0. The third-order valence-corrected chi connectivity index (χ3v) is 18.0. The predicted molar refractivity (Wildman–Crippen MR) is 320 cm³/mol. The first-order valence-corrected chi connectivity index (χ1v) is 27.5. The van der Waals surface area contributed by atoms with Gasteiger partial charge in [-0.15, -0.1) is 0 Å². The molecule has 1 aliphatic carbocycles. The maximum atomic E-state index is 2.80. The van der Waals surface area contributed by atoms with E-state index in [1.165, 1.54) is 137 Å². The minimum Gasteiger partial charge on any atom is -0.334 e. The van der Waals surface area contributed by atoms with Crippen molar-refractivity contribution in [2.75, 3.05) is 14.7 Å². The largest absolute Gasteiger partial charge is 0.334 e. The van der Waals surface area contributed by atoms with Crippen LogP contribution in [0.5, 0.6) is 0 Å². The molecule has 372 valence electrons. The van der Waals surface area contributed by atoms with Crippen molar-refractivity contribution in [3.05, 3.63) is 197 Å². The van der Waals surface area contributed by atoms with E-state index in [0.717, 1.165) is 6.42 Å². The molecule has 2 unspecified atom stereocenters. The molecule has 3 heterocycles. The second kappa shape index (κ2) is 16.9. The molecule has 8 aromatic carbocycles. The van der Waals surface area contributed by atoms with Crippen molar-refractivity contribution >= 4 is 68.6 Å². The van der Waals surface area contributed by atoms with E-state index in [0.29, 0.717) is 0 Å².